The highest BCUT2D eigenvalue weighted by Crippen LogP contribution is 2.50. The van der Waals surface area contributed by atoms with Gasteiger partial charge in [0.15, 0.2) is 5.82 Å². The summed E-state index contributed by atoms with van der Waals surface area (Å²) in [6.07, 6.45) is 1.09. The van der Waals surface area contributed by atoms with Gasteiger partial charge in [-0.25, -0.2) is 8.78 Å². The van der Waals surface area contributed by atoms with Crippen LogP contribution in [0.2, 0.25) is 0 Å². The highest BCUT2D eigenvalue weighted by atomic mass is 19.1. The number of rotatable bonds is 4. The van der Waals surface area contributed by atoms with Crippen molar-refractivity contribution in [2.24, 2.45) is 11.8 Å². The molecule has 2 aromatic rings. The van der Waals surface area contributed by atoms with Crippen LogP contribution in [-0.2, 0) is 10.2 Å². The zero-order chi connectivity index (χ0) is 21.6. The molecular formula is C21H24F2N4O3. The van der Waals surface area contributed by atoms with Crippen LogP contribution in [0.15, 0.2) is 22.7 Å². The minimum Gasteiger partial charge on any atom is -0.349 e. The lowest BCUT2D eigenvalue weighted by atomic mass is 9.80. The molecule has 9 heteroatoms. The summed E-state index contributed by atoms with van der Waals surface area (Å²) in [5.74, 6) is -1.28. The van der Waals surface area contributed by atoms with Crippen LogP contribution in [0.4, 0.5) is 8.78 Å². The number of benzene rings is 1. The second-order valence-electron chi connectivity index (χ2n) is 8.61. The standard InChI is InChI=1S/C21H24F2N4O3/c1-11(2)19(29)27-9-13-6-15(8-21(13,10-27)20-24-12(3)26-30-20)25-18(28)16-5-4-14(22)7-17(16)23/h4-5,7,11,13,15H,6,8-10H2,1-3H3,(H,25,28)/t13?,15-,21+/m1/s1. The lowest BCUT2D eigenvalue weighted by molar-refractivity contribution is -0.133. The van der Waals surface area contributed by atoms with Crippen LogP contribution in [0.5, 0.6) is 0 Å². The van der Waals surface area contributed by atoms with Gasteiger partial charge in [-0.2, -0.15) is 4.98 Å². The van der Waals surface area contributed by atoms with E-state index in [9.17, 15) is 18.4 Å². The van der Waals surface area contributed by atoms with Gasteiger partial charge in [0.2, 0.25) is 11.8 Å². The molecule has 1 aliphatic heterocycles. The molecule has 0 spiro atoms. The number of amides is 2. The summed E-state index contributed by atoms with van der Waals surface area (Å²) in [4.78, 5) is 31.4. The summed E-state index contributed by atoms with van der Waals surface area (Å²) in [6, 6.07) is 2.63. The number of nitrogens with zero attached hydrogens (tertiary/aromatic N) is 3. The second-order valence-corrected chi connectivity index (χ2v) is 8.61. The maximum atomic E-state index is 14.0. The Hall–Kier alpha value is -2.84. The fourth-order valence-electron chi connectivity index (χ4n) is 4.78. The number of hydrogen-bond acceptors (Lipinski definition) is 5. The zero-order valence-electron chi connectivity index (χ0n) is 17.1. The molecule has 30 heavy (non-hydrogen) atoms. The molecule has 7 nitrogen and oxygen atoms in total. The van der Waals surface area contributed by atoms with Crippen molar-refractivity contribution in [2.75, 3.05) is 13.1 Å². The normalized spacial score (nSPS) is 25.6. The van der Waals surface area contributed by atoms with Crippen molar-refractivity contribution in [3.8, 4) is 0 Å². The molecule has 1 saturated heterocycles. The van der Waals surface area contributed by atoms with Crippen molar-refractivity contribution < 1.29 is 22.9 Å². The Morgan fingerprint density at radius 2 is 2.10 bits per heavy atom. The summed E-state index contributed by atoms with van der Waals surface area (Å²) < 4.78 is 32.6. The van der Waals surface area contributed by atoms with Gasteiger partial charge >= 0.3 is 0 Å². The Kier molecular flexibility index (Phi) is 5.07. The first-order chi connectivity index (χ1) is 14.2. The summed E-state index contributed by atoms with van der Waals surface area (Å²) >= 11 is 0. The molecule has 1 aromatic carbocycles. The van der Waals surface area contributed by atoms with E-state index >= 15 is 0 Å². The Balaban J connectivity index is 1.56. The van der Waals surface area contributed by atoms with Crippen LogP contribution < -0.4 is 5.32 Å². The van der Waals surface area contributed by atoms with Crippen molar-refractivity contribution in [1.82, 2.24) is 20.4 Å². The van der Waals surface area contributed by atoms with Crippen molar-refractivity contribution in [3.63, 3.8) is 0 Å². The molecule has 160 valence electrons. The zero-order valence-corrected chi connectivity index (χ0v) is 17.1. The molecule has 2 heterocycles. The van der Waals surface area contributed by atoms with Crippen molar-refractivity contribution in [2.45, 2.75) is 45.1 Å². The van der Waals surface area contributed by atoms with E-state index in [4.69, 9.17) is 4.52 Å². The minimum atomic E-state index is -0.901. The highest BCUT2D eigenvalue weighted by molar-refractivity contribution is 5.94. The lowest BCUT2D eigenvalue weighted by Gasteiger charge is -2.26. The van der Waals surface area contributed by atoms with Crippen LogP contribution in [0.25, 0.3) is 0 Å². The van der Waals surface area contributed by atoms with Gasteiger partial charge in [0.05, 0.1) is 11.0 Å². The molecule has 0 bridgehead atoms. The minimum absolute atomic E-state index is 0.0309. The Morgan fingerprint density at radius 3 is 2.73 bits per heavy atom. The second kappa shape index (κ2) is 7.45. The first-order valence-corrected chi connectivity index (χ1v) is 10.0. The Morgan fingerprint density at radius 1 is 1.33 bits per heavy atom. The molecule has 1 N–H and O–H groups in total. The predicted molar refractivity (Wildman–Crippen MR) is 102 cm³/mol. The lowest BCUT2D eigenvalue weighted by Crippen LogP contribution is -2.40. The average Bonchev–Trinajstić information content (AvgIpc) is 3.33. The quantitative estimate of drug-likeness (QED) is 0.825. The summed E-state index contributed by atoms with van der Waals surface area (Å²) in [5, 5.41) is 6.77. The maximum absolute atomic E-state index is 14.0. The number of fused-ring (bicyclic) bond motifs is 1. The van der Waals surface area contributed by atoms with E-state index in [2.05, 4.69) is 15.5 Å². The van der Waals surface area contributed by atoms with E-state index < -0.39 is 23.0 Å². The number of nitrogens with one attached hydrogen (secondary N) is 1. The molecule has 4 rings (SSSR count). The van der Waals surface area contributed by atoms with E-state index in [0.29, 0.717) is 43.7 Å². The molecule has 1 aromatic heterocycles. The third-order valence-corrected chi connectivity index (χ3v) is 6.14. The molecule has 2 aliphatic rings. The third-order valence-electron chi connectivity index (χ3n) is 6.14. The summed E-state index contributed by atoms with van der Waals surface area (Å²) in [7, 11) is 0. The highest BCUT2D eigenvalue weighted by Gasteiger charge is 2.58. The molecule has 1 aliphatic carbocycles. The van der Waals surface area contributed by atoms with E-state index in [-0.39, 0.29) is 29.3 Å². The molecular weight excluding hydrogens is 394 g/mol. The van der Waals surface area contributed by atoms with Gasteiger partial charge in [0, 0.05) is 31.1 Å². The molecule has 2 fully saturated rings. The number of hydrogen-bond donors (Lipinski definition) is 1. The van der Waals surface area contributed by atoms with Gasteiger partial charge in [0.25, 0.3) is 5.91 Å². The largest absolute Gasteiger partial charge is 0.349 e. The smallest absolute Gasteiger partial charge is 0.254 e. The first-order valence-electron chi connectivity index (χ1n) is 10.0. The van der Waals surface area contributed by atoms with Gasteiger partial charge in [0.1, 0.15) is 11.6 Å². The SMILES string of the molecule is Cc1noc([C@]23C[C@H](NC(=O)c4ccc(F)cc4F)CC2CN(C(=O)C(C)C)C3)n1. The average molecular weight is 418 g/mol. The number of carbonyl (C=O) groups is 2. The summed E-state index contributed by atoms with van der Waals surface area (Å²) in [5.41, 5.74) is -0.752. The van der Waals surface area contributed by atoms with Crippen LogP contribution in [0.1, 0.15) is 48.8 Å². The van der Waals surface area contributed by atoms with Crippen molar-refractivity contribution in [1.29, 1.82) is 0 Å². The van der Waals surface area contributed by atoms with E-state index in [0.717, 1.165) is 12.1 Å². The Labute approximate surface area is 172 Å². The summed E-state index contributed by atoms with van der Waals surface area (Å²) in [6.45, 7) is 6.43. The monoisotopic (exact) mass is 418 g/mol. The molecule has 1 saturated carbocycles. The van der Waals surface area contributed by atoms with Gasteiger partial charge in [-0.1, -0.05) is 19.0 Å². The number of aryl methyl sites for hydroxylation is 1. The van der Waals surface area contributed by atoms with E-state index in [1.165, 1.54) is 0 Å². The number of aromatic nitrogens is 2. The van der Waals surface area contributed by atoms with Crippen molar-refractivity contribution >= 4 is 11.8 Å². The van der Waals surface area contributed by atoms with Crippen LogP contribution >= 0.6 is 0 Å². The van der Waals surface area contributed by atoms with Gasteiger partial charge in [-0.15, -0.1) is 0 Å². The maximum Gasteiger partial charge on any atom is 0.254 e. The fraction of sp³-hybridized carbons (Fsp3) is 0.524. The van der Waals surface area contributed by atoms with Crippen LogP contribution in [0, 0.1) is 30.4 Å². The van der Waals surface area contributed by atoms with Crippen LogP contribution in [-0.4, -0.2) is 46.0 Å². The molecule has 3 atom stereocenters. The van der Waals surface area contributed by atoms with Gasteiger partial charge < -0.3 is 14.7 Å². The van der Waals surface area contributed by atoms with E-state index in [1.807, 2.05) is 18.7 Å². The first kappa shape index (κ1) is 20.4. The van der Waals surface area contributed by atoms with Gasteiger partial charge in [-0.05, 0) is 37.8 Å². The number of likely N-dealkylation sites (tertiary alicyclic amines) is 1. The van der Waals surface area contributed by atoms with E-state index in [1.54, 1.807) is 6.92 Å². The van der Waals surface area contributed by atoms with Crippen molar-refractivity contribution in [3.05, 3.63) is 47.1 Å². The predicted octanol–water partition coefficient (Wildman–Crippen LogP) is 2.60. The van der Waals surface area contributed by atoms with Crippen LogP contribution in [0.3, 0.4) is 0 Å². The topological polar surface area (TPSA) is 88.3 Å². The van der Waals surface area contributed by atoms with Gasteiger partial charge in [-0.3, -0.25) is 9.59 Å². The third kappa shape index (κ3) is 3.46. The number of halogens is 2. The molecule has 0 radical (unpaired) electrons. The number of carbonyl (C=O) groups excluding carboxylic acids is 2. The molecule has 1 unspecified atom stereocenters. The molecule has 2 amide bonds. The Bertz CT molecular complexity index is 992. The fourth-order valence-corrected chi connectivity index (χ4v) is 4.78.